The zero-order chi connectivity index (χ0) is 17.2. The van der Waals surface area contributed by atoms with Crippen LogP contribution in [0, 0.1) is 12.8 Å². The summed E-state index contributed by atoms with van der Waals surface area (Å²) in [5, 5.41) is 0. The van der Waals surface area contributed by atoms with E-state index in [2.05, 4.69) is 10.9 Å². The van der Waals surface area contributed by atoms with E-state index in [9.17, 15) is 4.79 Å². The Bertz CT molecular complexity index is 731. The molecule has 1 amide bonds. The maximum Gasteiger partial charge on any atom is 0.257 e. The highest BCUT2D eigenvalue weighted by Gasteiger charge is 2.41. The summed E-state index contributed by atoms with van der Waals surface area (Å²) in [6.07, 6.45) is 2.51. The number of furan rings is 1. The molecule has 2 saturated heterocycles. The number of nitrogens with one attached hydrogen (secondary N) is 2. The standard InChI is InChI=1S/C19H23N3O3/c1-13-15(8-10-24-13)19(23)22-9-7-17-16(11-22)18(21-20-17)12-25-14-5-3-2-4-6-14/h2-6,8,10,16-18,20-21H,7,9,11-12H2,1H3. The number of amides is 1. The Hall–Kier alpha value is -2.31. The highest BCUT2D eigenvalue weighted by Crippen LogP contribution is 2.26. The molecule has 132 valence electrons. The van der Waals surface area contributed by atoms with E-state index in [0.29, 0.717) is 29.9 Å². The zero-order valence-electron chi connectivity index (χ0n) is 14.3. The Morgan fingerprint density at radius 1 is 1.28 bits per heavy atom. The number of hydrazine groups is 1. The van der Waals surface area contributed by atoms with E-state index in [1.54, 1.807) is 12.3 Å². The fourth-order valence-corrected chi connectivity index (χ4v) is 3.72. The number of hydrogen-bond acceptors (Lipinski definition) is 5. The number of rotatable bonds is 4. The number of hydrogen-bond donors (Lipinski definition) is 2. The second-order valence-corrected chi connectivity index (χ2v) is 6.72. The van der Waals surface area contributed by atoms with Crippen LogP contribution in [0.25, 0.3) is 0 Å². The maximum absolute atomic E-state index is 12.8. The van der Waals surface area contributed by atoms with Crippen LogP contribution in [-0.2, 0) is 0 Å². The summed E-state index contributed by atoms with van der Waals surface area (Å²) in [6, 6.07) is 12.1. The van der Waals surface area contributed by atoms with Gasteiger partial charge in [-0.2, -0.15) is 0 Å². The van der Waals surface area contributed by atoms with Gasteiger partial charge in [-0.3, -0.25) is 15.6 Å². The Labute approximate surface area is 147 Å². The minimum atomic E-state index is 0.0549. The smallest absolute Gasteiger partial charge is 0.257 e. The lowest BCUT2D eigenvalue weighted by molar-refractivity contribution is 0.0638. The van der Waals surface area contributed by atoms with Gasteiger partial charge >= 0.3 is 0 Å². The van der Waals surface area contributed by atoms with Gasteiger partial charge in [0.1, 0.15) is 18.1 Å². The van der Waals surface area contributed by atoms with Gasteiger partial charge in [0.15, 0.2) is 0 Å². The van der Waals surface area contributed by atoms with Gasteiger partial charge in [0.25, 0.3) is 5.91 Å². The number of para-hydroxylation sites is 1. The monoisotopic (exact) mass is 341 g/mol. The van der Waals surface area contributed by atoms with Gasteiger partial charge in [0, 0.05) is 25.0 Å². The number of carbonyl (C=O) groups excluding carboxylic acids is 1. The molecule has 0 radical (unpaired) electrons. The van der Waals surface area contributed by atoms with Crippen LogP contribution in [0.15, 0.2) is 47.1 Å². The number of nitrogens with zero attached hydrogens (tertiary/aromatic N) is 1. The third kappa shape index (κ3) is 3.27. The molecule has 3 unspecified atom stereocenters. The molecule has 2 fully saturated rings. The van der Waals surface area contributed by atoms with E-state index < -0.39 is 0 Å². The van der Waals surface area contributed by atoms with E-state index >= 15 is 0 Å². The van der Waals surface area contributed by atoms with E-state index in [1.807, 2.05) is 42.2 Å². The molecule has 3 heterocycles. The summed E-state index contributed by atoms with van der Waals surface area (Å²) in [7, 11) is 0. The second kappa shape index (κ2) is 6.90. The normalized spacial score (nSPS) is 25.6. The third-order valence-electron chi connectivity index (χ3n) is 5.18. The van der Waals surface area contributed by atoms with Crippen LogP contribution in [0.3, 0.4) is 0 Å². The average Bonchev–Trinajstić information content (AvgIpc) is 3.26. The largest absolute Gasteiger partial charge is 0.492 e. The molecule has 2 aromatic rings. The molecule has 2 aliphatic rings. The lowest BCUT2D eigenvalue weighted by atomic mass is 9.88. The third-order valence-corrected chi connectivity index (χ3v) is 5.18. The Kier molecular flexibility index (Phi) is 4.46. The van der Waals surface area contributed by atoms with Gasteiger partial charge in [-0.15, -0.1) is 0 Å². The van der Waals surface area contributed by atoms with Gasteiger partial charge in [-0.05, 0) is 31.5 Å². The highest BCUT2D eigenvalue weighted by atomic mass is 16.5. The first-order valence-corrected chi connectivity index (χ1v) is 8.74. The lowest BCUT2D eigenvalue weighted by Crippen LogP contribution is -2.49. The molecule has 0 saturated carbocycles. The number of fused-ring (bicyclic) bond motifs is 1. The van der Waals surface area contributed by atoms with Crippen molar-refractivity contribution in [2.24, 2.45) is 5.92 Å². The van der Waals surface area contributed by atoms with Gasteiger partial charge in [-0.1, -0.05) is 18.2 Å². The van der Waals surface area contributed by atoms with Crippen LogP contribution >= 0.6 is 0 Å². The Morgan fingerprint density at radius 3 is 2.88 bits per heavy atom. The fourth-order valence-electron chi connectivity index (χ4n) is 3.72. The van der Waals surface area contributed by atoms with Gasteiger partial charge < -0.3 is 14.1 Å². The van der Waals surface area contributed by atoms with Crippen molar-refractivity contribution in [2.45, 2.75) is 25.4 Å². The number of ether oxygens (including phenoxy) is 1. The van der Waals surface area contributed by atoms with E-state index in [4.69, 9.17) is 9.15 Å². The Morgan fingerprint density at radius 2 is 2.12 bits per heavy atom. The molecule has 1 aromatic heterocycles. The molecule has 0 bridgehead atoms. The molecular formula is C19H23N3O3. The predicted molar refractivity (Wildman–Crippen MR) is 93.2 cm³/mol. The van der Waals surface area contributed by atoms with Crippen LogP contribution in [0.5, 0.6) is 5.75 Å². The summed E-state index contributed by atoms with van der Waals surface area (Å²) < 4.78 is 11.2. The maximum atomic E-state index is 12.8. The molecule has 1 aromatic carbocycles. The van der Waals surface area contributed by atoms with Crippen molar-refractivity contribution in [3.63, 3.8) is 0 Å². The van der Waals surface area contributed by atoms with Gasteiger partial charge in [0.05, 0.1) is 17.9 Å². The quantitative estimate of drug-likeness (QED) is 0.890. The van der Waals surface area contributed by atoms with Crippen molar-refractivity contribution >= 4 is 5.91 Å². The summed E-state index contributed by atoms with van der Waals surface area (Å²) in [4.78, 5) is 14.7. The number of likely N-dealkylation sites (tertiary alicyclic amines) is 1. The zero-order valence-corrected chi connectivity index (χ0v) is 14.3. The first kappa shape index (κ1) is 16.2. The molecular weight excluding hydrogens is 318 g/mol. The second-order valence-electron chi connectivity index (χ2n) is 6.72. The summed E-state index contributed by atoms with van der Waals surface area (Å²) in [5.41, 5.74) is 7.37. The summed E-state index contributed by atoms with van der Waals surface area (Å²) >= 11 is 0. The van der Waals surface area contributed by atoms with Crippen LogP contribution in [0.2, 0.25) is 0 Å². The number of piperidine rings is 1. The van der Waals surface area contributed by atoms with Crippen LogP contribution < -0.4 is 15.6 Å². The van der Waals surface area contributed by atoms with Crippen molar-refractivity contribution < 1.29 is 13.9 Å². The highest BCUT2D eigenvalue weighted by molar-refractivity contribution is 5.95. The van der Waals surface area contributed by atoms with Crippen molar-refractivity contribution in [2.75, 3.05) is 19.7 Å². The van der Waals surface area contributed by atoms with E-state index in [1.165, 1.54) is 0 Å². The average molecular weight is 341 g/mol. The number of aryl methyl sites for hydroxylation is 1. The molecule has 25 heavy (non-hydrogen) atoms. The first-order valence-electron chi connectivity index (χ1n) is 8.74. The molecule has 2 aliphatic heterocycles. The molecule has 6 heteroatoms. The minimum Gasteiger partial charge on any atom is -0.492 e. The molecule has 6 nitrogen and oxygen atoms in total. The molecule has 3 atom stereocenters. The topological polar surface area (TPSA) is 66.7 Å². The van der Waals surface area contributed by atoms with E-state index in [0.717, 1.165) is 25.3 Å². The van der Waals surface area contributed by atoms with Crippen molar-refractivity contribution in [3.05, 3.63) is 54.0 Å². The SMILES string of the molecule is Cc1occc1C(=O)N1CCC2NNC(COc3ccccc3)C2C1. The fraction of sp³-hybridized carbons (Fsp3) is 0.421. The molecule has 0 aliphatic carbocycles. The van der Waals surface area contributed by atoms with Gasteiger partial charge in [-0.25, -0.2) is 0 Å². The summed E-state index contributed by atoms with van der Waals surface area (Å²) in [6.45, 7) is 3.88. The first-order chi connectivity index (χ1) is 12.2. The molecule has 2 N–H and O–H groups in total. The van der Waals surface area contributed by atoms with Crippen molar-refractivity contribution in [1.29, 1.82) is 0 Å². The summed E-state index contributed by atoms with van der Waals surface area (Å²) in [5.74, 6) is 1.93. The predicted octanol–water partition coefficient (Wildman–Crippen LogP) is 1.97. The van der Waals surface area contributed by atoms with Crippen LogP contribution in [-0.4, -0.2) is 42.6 Å². The van der Waals surface area contributed by atoms with Crippen LogP contribution in [0.4, 0.5) is 0 Å². The number of benzene rings is 1. The molecule has 0 spiro atoms. The van der Waals surface area contributed by atoms with Crippen LogP contribution in [0.1, 0.15) is 22.5 Å². The van der Waals surface area contributed by atoms with Crippen molar-refractivity contribution in [1.82, 2.24) is 15.8 Å². The minimum absolute atomic E-state index is 0.0549. The molecule has 4 rings (SSSR count). The lowest BCUT2D eigenvalue weighted by Gasteiger charge is -2.36. The van der Waals surface area contributed by atoms with Gasteiger partial charge in [0.2, 0.25) is 0 Å². The number of carbonyl (C=O) groups is 1. The van der Waals surface area contributed by atoms with Crippen molar-refractivity contribution in [3.8, 4) is 5.75 Å². The Balaban J connectivity index is 1.40. The van der Waals surface area contributed by atoms with E-state index in [-0.39, 0.29) is 11.9 Å².